The SMILES string of the molecule is CCCC=CO[C@@H]1CCC[C@@H](C2CCC(CCCC)CC2)C1. The molecular weight excluding hydrogens is 268 g/mol. The van der Waals surface area contributed by atoms with Crippen molar-refractivity contribution in [3.05, 3.63) is 12.3 Å². The Kier molecular flexibility index (Phi) is 8.41. The zero-order valence-electron chi connectivity index (χ0n) is 15.1. The maximum absolute atomic E-state index is 6.00. The summed E-state index contributed by atoms with van der Waals surface area (Å²) in [5, 5.41) is 0. The summed E-state index contributed by atoms with van der Waals surface area (Å²) >= 11 is 0. The average molecular weight is 307 g/mol. The molecule has 1 heteroatoms. The second kappa shape index (κ2) is 10.3. The van der Waals surface area contributed by atoms with Gasteiger partial charge in [0.05, 0.1) is 12.4 Å². The molecule has 0 aliphatic heterocycles. The number of hydrogen-bond donors (Lipinski definition) is 0. The van der Waals surface area contributed by atoms with Crippen LogP contribution in [-0.4, -0.2) is 6.10 Å². The van der Waals surface area contributed by atoms with Crippen molar-refractivity contribution < 1.29 is 4.74 Å². The minimum atomic E-state index is 0.504. The minimum absolute atomic E-state index is 0.504. The Morgan fingerprint density at radius 1 is 0.909 bits per heavy atom. The van der Waals surface area contributed by atoms with Crippen LogP contribution in [0.4, 0.5) is 0 Å². The summed E-state index contributed by atoms with van der Waals surface area (Å²) in [6.45, 7) is 4.54. The molecule has 0 bridgehead atoms. The normalized spacial score (nSPS) is 33.2. The largest absolute Gasteiger partial charge is 0.498 e. The molecule has 2 atom stereocenters. The van der Waals surface area contributed by atoms with Gasteiger partial charge in [0.2, 0.25) is 0 Å². The number of allylic oxidation sites excluding steroid dienone is 1. The van der Waals surface area contributed by atoms with E-state index in [0.29, 0.717) is 6.10 Å². The van der Waals surface area contributed by atoms with E-state index in [4.69, 9.17) is 4.74 Å². The van der Waals surface area contributed by atoms with Crippen molar-refractivity contribution in [2.75, 3.05) is 0 Å². The summed E-state index contributed by atoms with van der Waals surface area (Å²) in [5.74, 6) is 3.00. The van der Waals surface area contributed by atoms with E-state index in [1.165, 1.54) is 77.0 Å². The summed E-state index contributed by atoms with van der Waals surface area (Å²) in [6, 6.07) is 0. The molecule has 2 saturated carbocycles. The molecule has 2 aliphatic rings. The van der Waals surface area contributed by atoms with Gasteiger partial charge in [-0.05, 0) is 68.8 Å². The van der Waals surface area contributed by atoms with Gasteiger partial charge in [-0.2, -0.15) is 0 Å². The third kappa shape index (κ3) is 5.97. The lowest BCUT2D eigenvalue weighted by Gasteiger charge is -2.38. The summed E-state index contributed by atoms with van der Waals surface area (Å²) in [5.41, 5.74) is 0. The number of unbranched alkanes of at least 4 members (excludes halogenated alkanes) is 2. The fraction of sp³-hybridized carbons (Fsp3) is 0.905. The molecule has 2 fully saturated rings. The van der Waals surface area contributed by atoms with Crippen LogP contribution in [0.3, 0.4) is 0 Å². The molecule has 2 rings (SSSR count). The van der Waals surface area contributed by atoms with Crippen LogP contribution < -0.4 is 0 Å². The van der Waals surface area contributed by atoms with Crippen LogP contribution in [0.1, 0.15) is 97.3 Å². The topological polar surface area (TPSA) is 9.23 Å². The van der Waals surface area contributed by atoms with Crippen LogP contribution in [0.2, 0.25) is 0 Å². The van der Waals surface area contributed by atoms with E-state index < -0.39 is 0 Å². The Bertz CT molecular complexity index is 301. The van der Waals surface area contributed by atoms with Crippen LogP contribution in [0.25, 0.3) is 0 Å². The van der Waals surface area contributed by atoms with Gasteiger partial charge < -0.3 is 4.74 Å². The average Bonchev–Trinajstić information content (AvgIpc) is 2.58. The molecule has 0 amide bonds. The number of hydrogen-bond acceptors (Lipinski definition) is 1. The van der Waals surface area contributed by atoms with E-state index >= 15 is 0 Å². The summed E-state index contributed by atoms with van der Waals surface area (Å²) in [6.07, 6.45) is 22.8. The lowest BCUT2D eigenvalue weighted by molar-refractivity contribution is 0.0510. The number of rotatable bonds is 8. The highest BCUT2D eigenvalue weighted by molar-refractivity contribution is 4.84. The second-order valence-electron chi connectivity index (χ2n) is 7.77. The van der Waals surface area contributed by atoms with Crippen molar-refractivity contribution in [2.45, 2.75) is 103 Å². The molecule has 0 saturated heterocycles. The number of ether oxygens (including phenoxy) is 1. The standard InChI is InChI=1S/C21H38O/c1-3-5-7-16-22-21-11-8-10-20(17-21)19-14-12-18(13-15-19)9-6-4-2/h7,16,18-21H,3-6,8-15,17H2,1-2H3/t18?,19?,20-,21-/m1/s1. The van der Waals surface area contributed by atoms with Crippen LogP contribution in [0.5, 0.6) is 0 Å². The lowest BCUT2D eigenvalue weighted by atomic mass is 9.70. The van der Waals surface area contributed by atoms with Gasteiger partial charge in [0.1, 0.15) is 0 Å². The first-order chi connectivity index (χ1) is 10.8. The van der Waals surface area contributed by atoms with Gasteiger partial charge in [-0.15, -0.1) is 0 Å². The maximum atomic E-state index is 6.00. The van der Waals surface area contributed by atoms with E-state index in [2.05, 4.69) is 19.9 Å². The molecule has 2 aliphatic carbocycles. The summed E-state index contributed by atoms with van der Waals surface area (Å²) in [4.78, 5) is 0. The first kappa shape index (κ1) is 17.9. The molecule has 0 spiro atoms. The van der Waals surface area contributed by atoms with E-state index in [1.54, 1.807) is 0 Å². The monoisotopic (exact) mass is 306 g/mol. The Morgan fingerprint density at radius 2 is 1.73 bits per heavy atom. The van der Waals surface area contributed by atoms with Gasteiger partial charge in [-0.1, -0.05) is 52.4 Å². The van der Waals surface area contributed by atoms with E-state index in [-0.39, 0.29) is 0 Å². The van der Waals surface area contributed by atoms with Gasteiger partial charge in [-0.25, -0.2) is 0 Å². The quantitative estimate of drug-likeness (QED) is 0.444. The first-order valence-electron chi connectivity index (χ1n) is 10.1. The molecule has 0 heterocycles. The fourth-order valence-corrected chi connectivity index (χ4v) is 4.58. The van der Waals surface area contributed by atoms with Gasteiger partial charge in [-0.3, -0.25) is 0 Å². The van der Waals surface area contributed by atoms with Crippen molar-refractivity contribution in [2.24, 2.45) is 17.8 Å². The molecule has 0 aromatic rings. The van der Waals surface area contributed by atoms with Crippen LogP contribution in [-0.2, 0) is 4.74 Å². The third-order valence-electron chi connectivity index (χ3n) is 6.01. The highest BCUT2D eigenvalue weighted by Gasteiger charge is 2.31. The molecule has 0 radical (unpaired) electrons. The molecule has 0 aromatic carbocycles. The Balaban J connectivity index is 1.69. The zero-order chi connectivity index (χ0) is 15.6. The van der Waals surface area contributed by atoms with E-state index in [1.807, 2.05) is 6.26 Å². The van der Waals surface area contributed by atoms with Crippen LogP contribution in [0.15, 0.2) is 12.3 Å². The molecule has 1 nitrogen and oxygen atoms in total. The highest BCUT2D eigenvalue weighted by atomic mass is 16.5. The second-order valence-corrected chi connectivity index (χ2v) is 7.77. The zero-order valence-corrected chi connectivity index (χ0v) is 15.1. The summed E-state index contributed by atoms with van der Waals surface area (Å²) < 4.78 is 6.00. The smallest absolute Gasteiger partial charge is 0.0981 e. The molecule has 22 heavy (non-hydrogen) atoms. The predicted molar refractivity (Wildman–Crippen MR) is 95.9 cm³/mol. The molecule has 0 unspecified atom stereocenters. The van der Waals surface area contributed by atoms with E-state index in [0.717, 1.165) is 24.2 Å². The maximum Gasteiger partial charge on any atom is 0.0981 e. The van der Waals surface area contributed by atoms with Crippen LogP contribution in [0, 0.1) is 17.8 Å². The molecular formula is C21H38O. The van der Waals surface area contributed by atoms with Crippen molar-refractivity contribution >= 4 is 0 Å². The fourth-order valence-electron chi connectivity index (χ4n) is 4.58. The van der Waals surface area contributed by atoms with E-state index in [9.17, 15) is 0 Å². The Morgan fingerprint density at radius 3 is 2.45 bits per heavy atom. The van der Waals surface area contributed by atoms with Crippen molar-refractivity contribution in [1.29, 1.82) is 0 Å². The molecule has 128 valence electrons. The molecule has 0 aromatic heterocycles. The summed E-state index contributed by atoms with van der Waals surface area (Å²) in [7, 11) is 0. The minimum Gasteiger partial charge on any atom is -0.498 e. The van der Waals surface area contributed by atoms with Crippen molar-refractivity contribution in [3.8, 4) is 0 Å². The van der Waals surface area contributed by atoms with Gasteiger partial charge in [0, 0.05) is 0 Å². The lowest BCUT2D eigenvalue weighted by Crippen LogP contribution is -2.29. The highest BCUT2D eigenvalue weighted by Crippen LogP contribution is 2.41. The third-order valence-corrected chi connectivity index (χ3v) is 6.01. The molecule has 0 N–H and O–H groups in total. The Hall–Kier alpha value is -0.460. The van der Waals surface area contributed by atoms with Crippen molar-refractivity contribution in [3.63, 3.8) is 0 Å². The van der Waals surface area contributed by atoms with Crippen molar-refractivity contribution in [1.82, 2.24) is 0 Å². The first-order valence-corrected chi connectivity index (χ1v) is 10.1. The Labute approximate surface area is 138 Å². The predicted octanol–water partition coefficient (Wildman–Crippen LogP) is 6.87. The van der Waals surface area contributed by atoms with Gasteiger partial charge in [0.25, 0.3) is 0 Å². The van der Waals surface area contributed by atoms with Gasteiger partial charge in [0.15, 0.2) is 0 Å². The van der Waals surface area contributed by atoms with Gasteiger partial charge >= 0.3 is 0 Å². The van der Waals surface area contributed by atoms with Crippen LogP contribution >= 0.6 is 0 Å².